The molecule has 5 heteroatoms. The van der Waals surface area contributed by atoms with Gasteiger partial charge in [0.2, 0.25) is 0 Å². The van der Waals surface area contributed by atoms with Crippen molar-refractivity contribution in [1.29, 1.82) is 0 Å². The molecule has 0 fully saturated rings. The van der Waals surface area contributed by atoms with Gasteiger partial charge in [-0.3, -0.25) is 4.79 Å². The fourth-order valence-corrected chi connectivity index (χ4v) is 1.03. The Morgan fingerprint density at radius 3 is 2.86 bits per heavy atom. The summed E-state index contributed by atoms with van der Waals surface area (Å²) in [6.07, 6.45) is 4.10. The van der Waals surface area contributed by atoms with Gasteiger partial charge in [0.1, 0.15) is 0 Å². The summed E-state index contributed by atoms with van der Waals surface area (Å²) in [4.78, 5) is 28.6. The lowest BCUT2D eigenvalue weighted by molar-refractivity contribution is -0.133. The van der Waals surface area contributed by atoms with Gasteiger partial charge < -0.3 is 9.72 Å². The zero-order chi connectivity index (χ0) is 10.6. The van der Waals surface area contributed by atoms with Crippen LogP contribution < -0.4 is 5.56 Å². The first-order valence-electron chi connectivity index (χ1n) is 3.98. The fourth-order valence-electron chi connectivity index (χ4n) is 1.03. The van der Waals surface area contributed by atoms with E-state index < -0.39 is 5.97 Å². The van der Waals surface area contributed by atoms with Crippen LogP contribution in [0.4, 0.5) is 0 Å². The van der Waals surface area contributed by atoms with Crippen molar-refractivity contribution in [1.82, 2.24) is 9.97 Å². The first-order valence-corrected chi connectivity index (χ1v) is 3.98. The molecule has 1 rings (SSSR count). The van der Waals surface area contributed by atoms with Crippen LogP contribution in [0.5, 0.6) is 0 Å². The Morgan fingerprint density at radius 2 is 2.36 bits per heavy atom. The highest BCUT2D eigenvalue weighted by Gasteiger charge is 2.14. The van der Waals surface area contributed by atoms with E-state index in [0.717, 1.165) is 0 Å². The van der Waals surface area contributed by atoms with Crippen molar-refractivity contribution in [2.45, 2.75) is 6.92 Å². The van der Waals surface area contributed by atoms with Crippen LogP contribution in [0, 0.1) is 0 Å². The molecule has 0 unspecified atom stereocenters. The Hall–Kier alpha value is -1.91. The quantitative estimate of drug-likeness (QED) is 0.544. The van der Waals surface area contributed by atoms with Crippen molar-refractivity contribution in [2.75, 3.05) is 7.11 Å². The van der Waals surface area contributed by atoms with Gasteiger partial charge >= 0.3 is 5.97 Å². The maximum atomic E-state index is 11.3. The minimum atomic E-state index is -0.550. The molecule has 0 aliphatic rings. The summed E-state index contributed by atoms with van der Waals surface area (Å²) in [5.41, 5.74) is 0.0576. The van der Waals surface area contributed by atoms with Crippen LogP contribution in [0.3, 0.4) is 0 Å². The Labute approximate surface area is 80.4 Å². The van der Waals surface area contributed by atoms with Crippen LogP contribution in [0.1, 0.15) is 12.5 Å². The summed E-state index contributed by atoms with van der Waals surface area (Å²) in [5, 5.41) is 0. The zero-order valence-electron chi connectivity index (χ0n) is 7.90. The van der Waals surface area contributed by atoms with Gasteiger partial charge in [-0.1, -0.05) is 6.08 Å². The Kier molecular flexibility index (Phi) is 3.17. The van der Waals surface area contributed by atoms with Crippen molar-refractivity contribution in [3.8, 4) is 0 Å². The average Bonchev–Trinajstić information content (AvgIpc) is 2.21. The molecule has 0 amide bonds. The third-order valence-corrected chi connectivity index (χ3v) is 1.70. The van der Waals surface area contributed by atoms with Crippen molar-refractivity contribution >= 4 is 11.5 Å². The number of allylic oxidation sites excluding steroid dienone is 1. The number of hydrogen-bond donors (Lipinski definition) is 1. The SMILES string of the molecule is C/C=C(/C(=O)OC)c1cnc[nH]c1=O. The summed E-state index contributed by atoms with van der Waals surface area (Å²) < 4.78 is 4.52. The summed E-state index contributed by atoms with van der Waals surface area (Å²) in [6, 6.07) is 0. The van der Waals surface area contributed by atoms with E-state index in [0.29, 0.717) is 0 Å². The average molecular weight is 194 g/mol. The lowest BCUT2D eigenvalue weighted by Crippen LogP contribution is -2.16. The van der Waals surface area contributed by atoms with Gasteiger partial charge in [-0.25, -0.2) is 9.78 Å². The molecule has 0 aliphatic carbocycles. The molecule has 0 aliphatic heterocycles. The van der Waals surface area contributed by atoms with E-state index in [-0.39, 0.29) is 16.7 Å². The summed E-state index contributed by atoms with van der Waals surface area (Å²) in [6.45, 7) is 1.65. The van der Waals surface area contributed by atoms with Crippen molar-refractivity contribution < 1.29 is 9.53 Å². The van der Waals surface area contributed by atoms with Gasteiger partial charge in [-0.05, 0) is 6.92 Å². The molecule has 5 nitrogen and oxygen atoms in total. The number of ether oxygens (including phenoxy) is 1. The molecule has 0 bridgehead atoms. The number of H-pyrrole nitrogens is 1. The number of hydrogen-bond acceptors (Lipinski definition) is 4. The second-order valence-corrected chi connectivity index (χ2v) is 2.49. The van der Waals surface area contributed by atoms with E-state index >= 15 is 0 Å². The topological polar surface area (TPSA) is 72.0 Å². The van der Waals surface area contributed by atoms with Crippen LogP contribution in [-0.4, -0.2) is 23.0 Å². The van der Waals surface area contributed by atoms with Crippen LogP contribution in [0.2, 0.25) is 0 Å². The van der Waals surface area contributed by atoms with Gasteiger partial charge in [-0.2, -0.15) is 0 Å². The number of nitrogens with zero attached hydrogens (tertiary/aromatic N) is 1. The van der Waals surface area contributed by atoms with Crippen LogP contribution >= 0.6 is 0 Å². The highest BCUT2D eigenvalue weighted by Crippen LogP contribution is 2.09. The molecule has 0 atom stereocenters. The smallest absolute Gasteiger partial charge is 0.338 e. The number of carbonyl (C=O) groups excluding carboxylic acids is 1. The monoisotopic (exact) mass is 194 g/mol. The second-order valence-electron chi connectivity index (χ2n) is 2.49. The van der Waals surface area contributed by atoms with E-state index in [2.05, 4.69) is 14.7 Å². The third-order valence-electron chi connectivity index (χ3n) is 1.70. The number of nitrogens with one attached hydrogen (secondary N) is 1. The van der Waals surface area contributed by atoms with Crippen molar-refractivity contribution in [3.63, 3.8) is 0 Å². The van der Waals surface area contributed by atoms with Crippen LogP contribution in [0.15, 0.2) is 23.4 Å². The number of aromatic amines is 1. The highest BCUT2D eigenvalue weighted by atomic mass is 16.5. The maximum Gasteiger partial charge on any atom is 0.338 e. The normalized spacial score (nSPS) is 11.1. The lowest BCUT2D eigenvalue weighted by atomic mass is 10.1. The number of methoxy groups -OCH3 is 1. The van der Waals surface area contributed by atoms with E-state index in [1.54, 1.807) is 6.92 Å². The molecule has 0 spiro atoms. The molecule has 74 valence electrons. The van der Waals surface area contributed by atoms with E-state index in [4.69, 9.17) is 0 Å². The fraction of sp³-hybridized carbons (Fsp3) is 0.222. The van der Waals surface area contributed by atoms with Gasteiger partial charge in [0.05, 0.1) is 24.6 Å². The summed E-state index contributed by atoms with van der Waals surface area (Å²) in [5.74, 6) is -0.550. The van der Waals surface area contributed by atoms with E-state index in [9.17, 15) is 9.59 Å². The highest BCUT2D eigenvalue weighted by molar-refractivity contribution is 6.16. The van der Waals surface area contributed by atoms with Crippen molar-refractivity contribution in [3.05, 3.63) is 34.5 Å². The van der Waals surface area contributed by atoms with Gasteiger partial charge in [0.15, 0.2) is 0 Å². The molecule has 1 heterocycles. The molecule has 0 saturated heterocycles. The number of aromatic nitrogens is 2. The zero-order valence-corrected chi connectivity index (χ0v) is 7.90. The predicted molar refractivity (Wildman–Crippen MR) is 50.5 cm³/mol. The first-order chi connectivity index (χ1) is 6.70. The maximum absolute atomic E-state index is 11.3. The molecule has 14 heavy (non-hydrogen) atoms. The van der Waals surface area contributed by atoms with E-state index in [1.807, 2.05) is 0 Å². The van der Waals surface area contributed by atoms with Crippen LogP contribution in [0.25, 0.3) is 5.57 Å². The Morgan fingerprint density at radius 1 is 1.64 bits per heavy atom. The number of carbonyl (C=O) groups is 1. The third kappa shape index (κ3) is 1.87. The predicted octanol–water partition coefficient (Wildman–Crippen LogP) is 0.346. The molecule has 1 aromatic heterocycles. The summed E-state index contributed by atoms with van der Waals surface area (Å²) >= 11 is 0. The molecule has 1 N–H and O–H groups in total. The van der Waals surface area contributed by atoms with Crippen molar-refractivity contribution in [2.24, 2.45) is 0 Å². The molecule has 0 radical (unpaired) electrons. The first kappa shape index (κ1) is 10.2. The molecule has 0 aromatic carbocycles. The molecule has 0 saturated carbocycles. The lowest BCUT2D eigenvalue weighted by Gasteiger charge is -2.02. The largest absolute Gasteiger partial charge is 0.465 e. The number of rotatable bonds is 2. The van der Waals surface area contributed by atoms with Gasteiger partial charge in [0, 0.05) is 6.20 Å². The molecular weight excluding hydrogens is 184 g/mol. The standard InChI is InChI=1S/C9H10N2O3/c1-3-6(9(13)14-2)7-4-10-5-11-8(7)12/h3-5H,1-2H3,(H,10,11,12)/b6-3+. The molecule has 1 aromatic rings. The summed E-state index contributed by atoms with van der Waals surface area (Å²) in [7, 11) is 1.26. The second kappa shape index (κ2) is 4.36. The van der Waals surface area contributed by atoms with Crippen LogP contribution in [-0.2, 0) is 9.53 Å². The molecular formula is C9H10N2O3. The minimum absolute atomic E-state index is 0.210. The minimum Gasteiger partial charge on any atom is -0.465 e. The van der Waals surface area contributed by atoms with Gasteiger partial charge in [-0.15, -0.1) is 0 Å². The Balaban J connectivity index is 3.22. The number of esters is 1. The van der Waals surface area contributed by atoms with Gasteiger partial charge in [0.25, 0.3) is 5.56 Å². The Bertz CT molecular complexity index is 420. The van der Waals surface area contributed by atoms with E-state index in [1.165, 1.54) is 25.7 Å².